The third kappa shape index (κ3) is 2.76. The van der Waals surface area contributed by atoms with Crippen LogP contribution in [0.25, 0.3) is 0 Å². The SMILES string of the molecule is OCC1(CNc2ccccc2)CCCCC1. The summed E-state index contributed by atoms with van der Waals surface area (Å²) in [5.74, 6) is 0. The van der Waals surface area contributed by atoms with Gasteiger partial charge >= 0.3 is 0 Å². The Hall–Kier alpha value is -1.02. The van der Waals surface area contributed by atoms with E-state index in [-0.39, 0.29) is 5.41 Å². The average Bonchev–Trinajstić information content (AvgIpc) is 2.39. The molecule has 0 heterocycles. The summed E-state index contributed by atoms with van der Waals surface area (Å²) in [6.07, 6.45) is 6.16. The summed E-state index contributed by atoms with van der Waals surface area (Å²) in [5, 5.41) is 13.0. The van der Waals surface area contributed by atoms with Crippen LogP contribution < -0.4 is 5.32 Å². The molecule has 1 aromatic rings. The number of aliphatic hydroxyl groups excluding tert-OH is 1. The summed E-state index contributed by atoms with van der Waals surface area (Å²) in [7, 11) is 0. The Morgan fingerprint density at radius 1 is 1.06 bits per heavy atom. The van der Waals surface area contributed by atoms with Gasteiger partial charge in [-0.2, -0.15) is 0 Å². The van der Waals surface area contributed by atoms with E-state index in [2.05, 4.69) is 17.4 Å². The fraction of sp³-hybridized carbons (Fsp3) is 0.571. The lowest BCUT2D eigenvalue weighted by Gasteiger charge is -2.36. The fourth-order valence-corrected chi connectivity index (χ4v) is 2.54. The van der Waals surface area contributed by atoms with Gasteiger partial charge in [0, 0.05) is 17.6 Å². The van der Waals surface area contributed by atoms with Crippen molar-refractivity contribution in [1.82, 2.24) is 0 Å². The minimum atomic E-state index is 0.119. The molecule has 2 N–H and O–H groups in total. The van der Waals surface area contributed by atoms with Crippen LogP contribution >= 0.6 is 0 Å². The van der Waals surface area contributed by atoms with Gasteiger partial charge in [-0.3, -0.25) is 0 Å². The van der Waals surface area contributed by atoms with Gasteiger partial charge in [-0.05, 0) is 25.0 Å². The second-order valence-corrected chi connectivity index (χ2v) is 4.94. The van der Waals surface area contributed by atoms with Gasteiger partial charge in [-0.1, -0.05) is 37.5 Å². The number of nitrogens with one attached hydrogen (secondary N) is 1. The second-order valence-electron chi connectivity index (χ2n) is 4.94. The van der Waals surface area contributed by atoms with E-state index in [0.717, 1.165) is 25.1 Å². The van der Waals surface area contributed by atoms with Crippen LogP contribution in [0.15, 0.2) is 30.3 Å². The van der Waals surface area contributed by atoms with Crippen molar-refractivity contribution in [3.8, 4) is 0 Å². The molecule has 0 bridgehead atoms. The molecule has 88 valence electrons. The molecule has 0 unspecified atom stereocenters. The van der Waals surface area contributed by atoms with Gasteiger partial charge in [0.1, 0.15) is 0 Å². The highest BCUT2D eigenvalue weighted by Gasteiger charge is 2.30. The maximum atomic E-state index is 9.58. The van der Waals surface area contributed by atoms with Crippen molar-refractivity contribution in [2.45, 2.75) is 32.1 Å². The standard InChI is InChI=1S/C14H21NO/c16-12-14(9-5-2-6-10-14)11-15-13-7-3-1-4-8-13/h1,3-4,7-8,15-16H,2,5-6,9-12H2. The lowest BCUT2D eigenvalue weighted by atomic mass is 9.74. The van der Waals surface area contributed by atoms with Crippen LogP contribution in [-0.2, 0) is 0 Å². The highest BCUT2D eigenvalue weighted by Crippen LogP contribution is 2.35. The Labute approximate surface area is 97.7 Å². The second kappa shape index (κ2) is 5.35. The van der Waals surface area contributed by atoms with Gasteiger partial charge in [0.05, 0.1) is 6.61 Å². The van der Waals surface area contributed by atoms with Crippen LogP contribution in [0.3, 0.4) is 0 Å². The van der Waals surface area contributed by atoms with Gasteiger partial charge in [0.25, 0.3) is 0 Å². The molecule has 0 saturated heterocycles. The van der Waals surface area contributed by atoms with Gasteiger partial charge in [0.15, 0.2) is 0 Å². The van der Waals surface area contributed by atoms with Crippen molar-refractivity contribution >= 4 is 5.69 Å². The minimum Gasteiger partial charge on any atom is -0.396 e. The van der Waals surface area contributed by atoms with Gasteiger partial charge in [-0.15, -0.1) is 0 Å². The Morgan fingerprint density at radius 3 is 2.38 bits per heavy atom. The molecular formula is C14H21NO. The van der Waals surface area contributed by atoms with E-state index >= 15 is 0 Å². The Balaban J connectivity index is 1.92. The van der Waals surface area contributed by atoms with Crippen LogP contribution in [0, 0.1) is 5.41 Å². The first kappa shape index (κ1) is 11.5. The molecule has 1 fully saturated rings. The van der Waals surface area contributed by atoms with E-state index in [0.29, 0.717) is 6.61 Å². The van der Waals surface area contributed by atoms with Crippen molar-refractivity contribution in [2.24, 2.45) is 5.41 Å². The van der Waals surface area contributed by atoms with Crippen LogP contribution in [0.4, 0.5) is 5.69 Å². The van der Waals surface area contributed by atoms with E-state index in [1.165, 1.54) is 19.3 Å². The minimum absolute atomic E-state index is 0.119. The third-order valence-corrected chi connectivity index (χ3v) is 3.69. The van der Waals surface area contributed by atoms with E-state index < -0.39 is 0 Å². The number of hydrogen-bond donors (Lipinski definition) is 2. The molecule has 1 aromatic carbocycles. The normalized spacial score (nSPS) is 19.3. The first-order chi connectivity index (χ1) is 7.85. The predicted octanol–water partition coefficient (Wildman–Crippen LogP) is 3.04. The molecule has 2 nitrogen and oxygen atoms in total. The van der Waals surface area contributed by atoms with Crippen molar-refractivity contribution in [3.63, 3.8) is 0 Å². The molecule has 0 amide bonds. The monoisotopic (exact) mass is 219 g/mol. The Bertz CT molecular complexity index is 304. The molecule has 0 aliphatic heterocycles. The first-order valence-corrected chi connectivity index (χ1v) is 6.24. The molecular weight excluding hydrogens is 198 g/mol. The summed E-state index contributed by atoms with van der Waals surface area (Å²) >= 11 is 0. The van der Waals surface area contributed by atoms with Crippen molar-refractivity contribution in [3.05, 3.63) is 30.3 Å². The zero-order valence-corrected chi connectivity index (χ0v) is 9.78. The highest BCUT2D eigenvalue weighted by molar-refractivity contribution is 5.42. The van der Waals surface area contributed by atoms with Crippen LogP contribution in [0.5, 0.6) is 0 Å². The number of para-hydroxylation sites is 1. The van der Waals surface area contributed by atoms with E-state index in [1.54, 1.807) is 0 Å². The Kier molecular flexibility index (Phi) is 3.83. The average molecular weight is 219 g/mol. The molecule has 0 aromatic heterocycles. The summed E-state index contributed by atoms with van der Waals surface area (Å²) in [6, 6.07) is 10.2. The van der Waals surface area contributed by atoms with E-state index in [1.807, 2.05) is 18.2 Å². The fourth-order valence-electron chi connectivity index (χ4n) is 2.54. The number of rotatable bonds is 4. The smallest absolute Gasteiger partial charge is 0.0504 e. The molecule has 0 spiro atoms. The number of anilines is 1. The molecule has 2 heteroatoms. The lowest BCUT2D eigenvalue weighted by Crippen LogP contribution is -2.35. The third-order valence-electron chi connectivity index (χ3n) is 3.69. The summed E-state index contributed by atoms with van der Waals surface area (Å²) in [5.41, 5.74) is 1.27. The maximum Gasteiger partial charge on any atom is 0.0504 e. The lowest BCUT2D eigenvalue weighted by molar-refractivity contribution is 0.0944. The number of aliphatic hydroxyl groups is 1. The summed E-state index contributed by atoms with van der Waals surface area (Å²) in [6.45, 7) is 1.21. The van der Waals surface area contributed by atoms with Crippen LogP contribution in [0.2, 0.25) is 0 Å². The Morgan fingerprint density at radius 2 is 1.75 bits per heavy atom. The summed E-state index contributed by atoms with van der Waals surface area (Å²) in [4.78, 5) is 0. The van der Waals surface area contributed by atoms with Crippen molar-refractivity contribution in [1.29, 1.82) is 0 Å². The highest BCUT2D eigenvalue weighted by atomic mass is 16.3. The molecule has 1 aliphatic rings. The zero-order valence-electron chi connectivity index (χ0n) is 9.78. The number of hydrogen-bond acceptors (Lipinski definition) is 2. The van der Waals surface area contributed by atoms with Crippen molar-refractivity contribution in [2.75, 3.05) is 18.5 Å². The quantitative estimate of drug-likeness (QED) is 0.815. The molecule has 1 aliphatic carbocycles. The maximum absolute atomic E-state index is 9.58. The van der Waals surface area contributed by atoms with Crippen molar-refractivity contribution < 1.29 is 5.11 Å². The van der Waals surface area contributed by atoms with Gasteiger partial charge in [-0.25, -0.2) is 0 Å². The van der Waals surface area contributed by atoms with Crippen LogP contribution in [0.1, 0.15) is 32.1 Å². The first-order valence-electron chi connectivity index (χ1n) is 6.24. The topological polar surface area (TPSA) is 32.3 Å². The van der Waals surface area contributed by atoms with Crippen LogP contribution in [-0.4, -0.2) is 18.3 Å². The molecule has 0 atom stereocenters. The zero-order chi connectivity index (χ0) is 11.3. The predicted molar refractivity (Wildman–Crippen MR) is 67.5 cm³/mol. The molecule has 1 saturated carbocycles. The van der Waals surface area contributed by atoms with Gasteiger partial charge in [0.2, 0.25) is 0 Å². The number of benzene rings is 1. The van der Waals surface area contributed by atoms with Gasteiger partial charge < -0.3 is 10.4 Å². The van der Waals surface area contributed by atoms with E-state index in [4.69, 9.17) is 0 Å². The molecule has 0 radical (unpaired) electrons. The largest absolute Gasteiger partial charge is 0.396 e. The summed E-state index contributed by atoms with van der Waals surface area (Å²) < 4.78 is 0. The molecule has 16 heavy (non-hydrogen) atoms. The van der Waals surface area contributed by atoms with E-state index in [9.17, 15) is 5.11 Å². The molecule has 2 rings (SSSR count).